The van der Waals surface area contributed by atoms with E-state index in [1.54, 1.807) is 12.1 Å². The summed E-state index contributed by atoms with van der Waals surface area (Å²) in [5.74, 6) is -1.18. The molecular weight excluding hydrogens is 320 g/mol. The van der Waals surface area contributed by atoms with E-state index in [0.29, 0.717) is 17.9 Å². The molecule has 0 saturated carbocycles. The van der Waals surface area contributed by atoms with E-state index in [1.165, 1.54) is 24.3 Å². The maximum atomic E-state index is 12.4. The molecule has 0 bridgehead atoms. The van der Waals surface area contributed by atoms with Crippen LogP contribution >= 0.6 is 0 Å². The summed E-state index contributed by atoms with van der Waals surface area (Å²) < 4.78 is 0. The topological polar surface area (TPSA) is 98.0 Å². The molecule has 132 valence electrons. The predicted molar refractivity (Wildman–Crippen MR) is 96.1 cm³/mol. The molecular formula is C20H22O5. The Hall–Kier alpha value is -2.95. The van der Waals surface area contributed by atoms with Crippen LogP contribution in [0, 0.1) is 5.92 Å². The fourth-order valence-corrected chi connectivity index (χ4v) is 2.45. The highest BCUT2D eigenvalue weighted by Gasteiger charge is 2.21. The van der Waals surface area contributed by atoms with Crippen LogP contribution in [-0.2, 0) is 6.42 Å². The number of aromatic hydroxyl groups is 4. The monoisotopic (exact) mass is 342 g/mol. The van der Waals surface area contributed by atoms with Gasteiger partial charge in [-0.15, -0.1) is 0 Å². The molecule has 0 fully saturated rings. The summed E-state index contributed by atoms with van der Waals surface area (Å²) in [4.78, 5) is 12.4. The predicted octanol–water partition coefficient (Wildman–Crippen LogP) is 3.99. The van der Waals surface area contributed by atoms with Gasteiger partial charge in [0.05, 0.1) is 0 Å². The van der Waals surface area contributed by atoms with Crippen molar-refractivity contribution in [2.45, 2.75) is 26.7 Å². The van der Waals surface area contributed by atoms with Gasteiger partial charge in [-0.3, -0.25) is 4.79 Å². The van der Waals surface area contributed by atoms with Crippen LogP contribution in [0.5, 0.6) is 23.0 Å². The minimum Gasteiger partial charge on any atom is -0.508 e. The summed E-state index contributed by atoms with van der Waals surface area (Å²) in [5.41, 5.74) is 0.711. The molecule has 0 unspecified atom stereocenters. The van der Waals surface area contributed by atoms with Crippen molar-refractivity contribution < 1.29 is 25.2 Å². The van der Waals surface area contributed by atoms with Gasteiger partial charge in [-0.25, -0.2) is 0 Å². The van der Waals surface area contributed by atoms with Crippen molar-refractivity contribution in [2.75, 3.05) is 0 Å². The Morgan fingerprint density at radius 2 is 1.68 bits per heavy atom. The van der Waals surface area contributed by atoms with Crippen molar-refractivity contribution in [1.82, 2.24) is 0 Å². The van der Waals surface area contributed by atoms with E-state index in [2.05, 4.69) is 0 Å². The van der Waals surface area contributed by atoms with Crippen molar-refractivity contribution in [3.8, 4) is 23.0 Å². The Labute approximate surface area is 146 Å². The average molecular weight is 342 g/mol. The lowest BCUT2D eigenvalue weighted by Gasteiger charge is -2.13. The van der Waals surface area contributed by atoms with E-state index in [0.717, 1.165) is 12.5 Å². The van der Waals surface area contributed by atoms with E-state index >= 15 is 0 Å². The highest BCUT2D eigenvalue weighted by atomic mass is 16.3. The molecule has 0 aromatic heterocycles. The molecule has 2 aromatic carbocycles. The number of hydrogen-bond donors (Lipinski definition) is 4. The van der Waals surface area contributed by atoms with Gasteiger partial charge in [0.15, 0.2) is 5.78 Å². The molecule has 0 heterocycles. The molecule has 5 heteroatoms. The van der Waals surface area contributed by atoms with E-state index in [4.69, 9.17) is 0 Å². The summed E-state index contributed by atoms with van der Waals surface area (Å²) in [7, 11) is 0. The van der Waals surface area contributed by atoms with Gasteiger partial charge in [0.25, 0.3) is 0 Å². The molecule has 5 nitrogen and oxygen atoms in total. The van der Waals surface area contributed by atoms with Crippen molar-refractivity contribution in [1.29, 1.82) is 0 Å². The van der Waals surface area contributed by atoms with Crippen LogP contribution in [-0.4, -0.2) is 26.2 Å². The molecule has 25 heavy (non-hydrogen) atoms. The fourth-order valence-electron chi connectivity index (χ4n) is 2.45. The zero-order valence-corrected chi connectivity index (χ0v) is 14.2. The molecule has 0 radical (unpaired) electrons. The lowest BCUT2D eigenvalue weighted by atomic mass is 9.96. The van der Waals surface area contributed by atoms with Crippen molar-refractivity contribution in [2.24, 2.45) is 5.92 Å². The molecule has 0 aliphatic rings. The molecule has 2 aromatic rings. The Kier molecular flexibility index (Phi) is 5.70. The number of hydrogen-bond acceptors (Lipinski definition) is 5. The minimum absolute atomic E-state index is 0.118. The lowest BCUT2D eigenvalue weighted by molar-refractivity contribution is 0.104. The van der Waals surface area contributed by atoms with Crippen LogP contribution in [0.1, 0.15) is 41.8 Å². The first kappa shape index (κ1) is 18.4. The summed E-state index contributed by atoms with van der Waals surface area (Å²) in [6.45, 7) is 4.03. The summed E-state index contributed by atoms with van der Waals surface area (Å²) >= 11 is 0. The second kappa shape index (κ2) is 7.75. The third-order valence-corrected chi connectivity index (χ3v) is 3.90. The highest BCUT2D eigenvalue weighted by molar-refractivity contribution is 6.10. The van der Waals surface area contributed by atoms with Crippen LogP contribution in [0.25, 0.3) is 6.08 Å². The summed E-state index contributed by atoms with van der Waals surface area (Å²) in [5, 5.41) is 39.5. The molecule has 0 amide bonds. The Morgan fingerprint density at radius 1 is 1.04 bits per heavy atom. The van der Waals surface area contributed by atoms with Crippen LogP contribution in [0.15, 0.2) is 36.4 Å². The first-order chi connectivity index (χ1) is 11.8. The van der Waals surface area contributed by atoms with Crippen LogP contribution < -0.4 is 0 Å². The van der Waals surface area contributed by atoms with E-state index < -0.39 is 17.3 Å². The zero-order valence-electron chi connectivity index (χ0n) is 14.2. The number of phenols is 4. The third-order valence-electron chi connectivity index (χ3n) is 3.90. The Balaban J connectivity index is 2.32. The van der Waals surface area contributed by atoms with Crippen LogP contribution in [0.2, 0.25) is 0 Å². The summed E-state index contributed by atoms with van der Waals surface area (Å²) in [6.07, 6.45) is 3.87. The van der Waals surface area contributed by atoms with E-state index in [1.807, 2.05) is 13.8 Å². The molecule has 0 aliphatic heterocycles. The number of phenolic OH excluding ortho intramolecular Hbond substituents is 4. The number of benzene rings is 2. The van der Waals surface area contributed by atoms with Crippen molar-refractivity contribution in [3.63, 3.8) is 0 Å². The van der Waals surface area contributed by atoms with Gasteiger partial charge in [0.2, 0.25) is 0 Å². The molecule has 2 rings (SSSR count). The lowest BCUT2D eigenvalue weighted by Crippen LogP contribution is -2.01. The maximum Gasteiger partial charge on any atom is 0.193 e. The number of allylic oxidation sites excluding steroid dienone is 1. The van der Waals surface area contributed by atoms with Gasteiger partial charge < -0.3 is 20.4 Å². The number of rotatable bonds is 6. The standard InChI is InChI=1S/C20H22O5/c1-12(2)3-9-15-17(23)11-18(24)19(20(15)25)16(22)10-6-13-4-7-14(21)8-5-13/h4-8,10-12,21,23-25H,3,9H2,1-2H3. The first-order valence-electron chi connectivity index (χ1n) is 8.07. The fraction of sp³-hybridized carbons (Fsp3) is 0.250. The molecule has 0 saturated heterocycles. The minimum atomic E-state index is -0.575. The SMILES string of the molecule is CC(C)CCc1c(O)cc(O)c(C(=O)C=Cc2ccc(O)cc2)c1O. The second-order valence-electron chi connectivity index (χ2n) is 6.34. The number of carbonyl (C=O) groups is 1. The smallest absolute Gasteiger partial charge is 0.193 e. The highest BCUT2D eigenvalue weighted by Crippen LogP contribution is 2.39. The van der Waals surface area contributed by atoms with E-state index in [-0.39, 0.29) is 22.6 Å². The van der Waals surface area contributed by atoms with Gasteiger partial charge in [-0.05, 0) is 42.5 Å². The Morgan fingerprint density at radius 3 is 2.28 bits per heavy atom. The van der Waals surface area contributed by atoms with Crippen LogP contribution in [0.4, 0.5) is 0 Å². The van der Waals surface area contributed by atoms with Gasteiger partial charge in [0, 0.05) is 11.6 Å². The molecule has 0 spiro atoms. The molecule has 4 N–H and O–H groups in total. The second-order valence-corrected chi connectivity index (χ2v) is 6.34. The van der Waals surface area contributed by atoms with Gasteiger partial charge >= 0.3 is 0 Å². The van der Waals surface area contributed by atoms with Gasteiger partial charge in [-0.2, -0.15) is 0 Å². The average Bonchev–Trinajstić information content (AvgIpc) is 2.53. The normalized spacial score (nSPS) is 11.3. The molecule has 0 aliphatic carbocycles. The number of ketones is 1. The maximum absolute atomic E-state index is 12.4. The van der Waals surface area contributed by atoms with Crippen LogP contribution in [0.3, 0.4) is 0 Å². The largest absolute Gasteiger partial charge is 0.508 e. The number of carbonyl (C=O) groups excluding carboxylic acids is 1. The van der Waals surface area contributed by atoms with Gasteiger partial charge in [0.1, 0.15) is 28.6 Å². The molecule has 0 atom stereocenters. The third kappa shape index (κ3) is 4.53. The van der Waals surface area contributed by atoms with Crippen molar-refractivity contribution >= 4 is 11.9 Å². The quantitative estimate of drug-likeness (QED) is 0.470. The first-order valence-corrected chi connectivity index (χ1v) is 8.07. The van der Waals surface area contributed by atoms with Gasteiger partial charge in [-0.1, -0.05) is 32.1 Å². The van der Waals surface area contributed by atoms with Crippen molar-refractivity contribution in [3.05, 3.63) is 53.1 Å². The Bertz CT molecular complexity index is 789. The zero-order chi connectivity index (χ0) is 18.6. The summed E-state index contributed by atoms with van der Waals surface area (Å²) in [6, 6.07) is 7.32. The van der Waals surface area contributed by atoms with E-state index in [9.17, 15) is 25.2 Å².